The van der Waals surface area contributed by atoms with Crippen molar-refractivity contribution in [3.8, 4) is 0 Å². The minimum Gasteiger partial charge on any atom is -0.261 e. The molecule has 0 atom stereocenters. The van der Waals surface area contributed by atoms with Gasteiger partial charge in [0.25, 0.3) is 0 Å². The van der Waals surface area contributed by atoms with Crippen molar-refractivity contribution < 1.29 is 0 Å². The lowest BCUT2D eigenvalue weighted by Gasteiger charge is -2.15. The zero-order chi connectivity index (χ0) is 22.0. The molecule has 2 heteroatoms. The fourth-order valence-corrected chi connectivity index (χ4v) is 4.19. The first kappa shape index (κ1) is 22.5. The summed E-state index contributed by atoms with van der Waals surface area (Å²) in [4.78, 5) is 8.96. The first-order chi connectivity index (χ1) is 14.2. The van der Waals surface area contributed by atoms with Crippen LogP contribution >= 0.6 is 0 Å². The number of nitrogens with zero attached hydrogens (tertiary/aromatic N) is 2. The second-order valence-electron chi connectivity index (χ2n) is 9.88. The molecule has 0 aliphatic carbocycles. The molecule has 0 fully saturated rings. The van der Waals surface area contributed by atoms with E-state index in [2.05, 4.69) is 89.6 Å². The van der Waals surface area contributed by atoms with Crippen molar-refractivity contribution in [1.82, 2.24) is 0 Å². The van der Waals surface area contributed by atoms with Crippen molar-refractivity contribution in [2.45, 2.75) is 91.9 Å². The van der Waals surface area contributed by atoms with Crippen LogP contribution in [0.25, 0.3) is 0 Å². The Hall–Kier alpha value is -2.22. The fraction of sp³-hybridized carbons (Fsp3) is 0.500. The Morgan fingerprint density at radius 1 is 0.600 bits per heavy atom. The fourth-order valence-electron chi connectivity index (χ4n) is 4.19. The van der Waals surface area contributed by atoms with E-state index in [4.69, 9.17) is 0 Å². The molecule has 2 heterocycles. The monoisotopic (exact) mass is 402 g/mol. The number of rotatable bonds is 4. The molecule has 2 nitrogen and oxygen atoms in total. The van der Waals surface area contributed by atoms with Crippen LogP contribution in [0.1, 0.15) is 112 Å². The topological polar surface area (TPSA) is 24.7 Å². The molecule has 0 radical (unpaired) electrons. The van der Waals surface area contributed by atoms with Gasteiger partial charge in [-0.2, -0.15) is 0 Å². The van der Waals surface area contributed by atoms with Gasteiger partial charge in [0.2, 0.25) is 0 Å². The Balaban J connectivity index is 0.000000171. The summed E-state index contributed by atoms with van der Waals surface area (Å²) in [6, 6.07) is 9.26. The average Bonchev–Trinajstić information content (AvgIpc) is 3.35. The molecule has 2 aromatic rings. The predicted molar refractivity (Wildman–Crippen MR) is 133 cm³/mol. The van der Waals surface area contributed by atoms with Crippen LogP contribution in [0.4, 0.5) is 11.4 Å². The third kappa shape index (κ3) is 4.74. The zero-order valence-corrected chi connectivity index (χ0v) is 20.1. The van der Waals surface area contributed by atoms with E-state index in [1.165, 1.54) is 44.8 Å². The van der Waals surface area contributed by atoms with Gasteiger partial charge in [-0.3, -0.25) is 9.98 Å². The Morgan fingerprint density at radius 3 is 1.77 bits per heavy atom. The highest BCUT2D eigenvalue weighted by atomic mass is 14.8. The van der Waals surface area contributed by atoms with E-state index in [0.29, 0.717) is 23.7 Å². The summed E-state index contributed by atoms with van der Waals surface area (Å²) < 4.78 is 0. The molecule has 2 aromatic carbocycles. The number of benzene rings is 2. The van der Waals surface area contributed by atoms with Gasteiger partial charge in [-0.25, -0.2) is 0 Å². The lowest BCUT2D eigenvalue weighted by Crippen LogP contribution is -1.98. The van der Waals surface area contributed by atoms with Crippen LogP contribution in [-0.2, 0) is 12.8 Å². The maximum Gasteiger partial charge on any atom is 0.0696 e. The van der Waals surface area contributed by atoms with Crippen molar-refractivity contribution in [3.63, 3.8) is 0 Å². The first-order valence-corrected chi connectivity index (χ1v) is 11.6. The SMILES string of the molecule is CC(C)c1cc2c(c(C(C)C)c1)CC=N2.CC(C)c1cc2c(c(C(C)C)c1)N=CC2. The third-order valence-electron chi connectivity index (χ3n) is 6.16. The van der Waals surface area contributed by atoms with E-state index in [0.717, 1.165) is 12.8 Å². The van der Waals surface area contributed by atoms with Gasteiger partial charge < -0.3 is 0 Å². The van der Waals surface area contributed by atoms with E-state index < -0.39 is 0 Å². The molecule has 0 aromatic heterocycles. The Morgan fingerprint density at radius 2 is 1.17 bits per heavy atom. The van der Waals surface area contributed by atoms with Crippen molar-refractivity contribution >= 4 is 23.8 Å². The summed E-state index contributed by atoms with van der Waals surface area (Å²) >= 11 is 0. The molecule has 2 aliphatic rings. The molecule has 0 saturated carbocycles. The molecule has 0 N–H and O–H groups in total. The zero-order valence-electron chi connectivity index (χ0n) is 20.1. The van der Waals surface area contributed by atoms with Crippen LogP contribution in [-0.4, -0.2) is 12.4 Å². The smallest absolute Gasteiger partial charge is 0.0696 e. The summed E-state index contributed by atoms with van der Waals surface area (Å²) in [5.74, 6) is 2.35. The Kier molecular flexibility index (Phi) is 6.95. The van der Waals surface area contributed by atoms with E-state index in [9.17, 15) is 0 Å². The molecule has 0 bridgehead atoms. The van der Waals surface area contributed by atoms with Gasteiger partial charge in [-0.05, 0) is 63.1 Å². The molecule has 0 unspecified atom stereocenters. The van der Waals surface area contributed by atoms with Crippen molar-refractivity contribution in [3.05, 3.63) is 57.6 Å². The highest BCUT2D eigenvalue weighted by Gasteiger charge is 2.17. The van der Waals surface area contributed by atoms with E-state index in [1.807, 2.05) is 12.4 Å². The Bertz CT molecular complexity index is 959. The minimum atomic E-state index is 0.563. The third-order valence-corrected chi connectivity index (χ3v) is 6.16. The van der Waals surface area contributed by atoms with Crippen LogP contribution in [0.15, 0.2) is 34.3 Å². The van der Waals surface area contributed by atoms with Crippen molar-refractivity contribution in [2.24, 2.45) is 9.98 Å². The highest BCUT2D eigenvalue weighted by molar-refractivity contribution is 5.78. The van der Waals surface area contributed by atoms with Gasteiger partial charge in [0, 0.05) is 25.3 Å². The molecule has 0 saturated heterocycles. The second kappa shape index (κ2) is 9.29. The van der Waals surface area contributed by atoms with Crippen molar-refractivity contribution in [1.29, 1.82) is 0 Å². The summed E-state index contributed by atoms with van der Waals surface area (Å²) in [5, 5.41) is 0. The number of aliphatic imine (C=N–C) groups is 2. The van der Waals surface area contributed by atoms with E-state index >= 15 is 0 Å². The average molecular weight is 403 g/mol. The van der Waals surface area contributed by atoms with Crippen LogP contribution in [0.5, 0.6) is 0 Å². The Labute approximate surface area is 183 Å². The normalized spacial score (nSPS) is 14.0. The standard InChI is InChI=1S/2C14H19N/c1-9(2)11-7-13(10(3)4)12-5-6-15-14(12)8-11;1-9(2)12-7-11-5-6-15-14(11)13(8-12)10(3)4/h2*6-10H,5H2,1-4H3. The predicted octanol–water partition coefficient (Wildman–Crippen LogP) is 8.38. The molecule has 0 amide bonds. The summed E-state index contributed by atoms with van der Waals surface area (Å²) in [6.45, 7) is 18.0. The molecule has 0 spiro atoms. The molecule has 2 aliphatic heterocycles. The lowest BCUT2D eigenvalue weighted by molar-refractivity contribution is 0.826. The lowest BCUT2D eigenvalue weighted by atomic mass is 9.90. The first-order valence-electron chi connectivity index (χ1n) is 11.6. The summed E-state index contributed by atoms with van der Waals surface area (Å²) in [7, 11) is 0. The molecular formula is C28H38N2. The maximum atomic E-state index is 4.50. The number of hydrogen-bond acceptors (Lipinski definition) is 2. The van der Waals surface area contributed by atoms with Crippen LogP contribution in [0, 0.1) is 0 Å². The highest BCUT2D eigenvalue weighted by Crippen LogP contribution is 2.37. The van der Waals surface area contributed by atoms with Gasteiger partial charge in [0.1, 0.15) is 0 Å². The summed E-state index contributed by atoms with van der Waals surface area (Å²) in [5.41, 5.74) is 11.0. The summed E-state index contributed by atoms with van der Waals surface area (Å²) in [6.07, 6.45) is 6.08. The van der Waals surface area contributed by atoms with E-state index in [1.54, 1.807) is 0 Å². The number of fused-ring (bicyclic) bond motifs is 2. The van der Waals surface area contributed by atoms with Crippen LogP contribution < -0.4 is 0 Å². The number of hydrogen-bond donors (Lipinski definition) is 0. The quantitative estimate of drug-likeness (QED) is 0.490. The van der Waals surface area contributed by atoms with Crippen LogP contribution in [0.3, 0.4) is 0 Å². The molecule has 30 heavy (non-hydrogen) atoms. The minimum absolute atomic E-state index is 0.563. The van der Waals surface area contributed by atoms with Gasteiger partial charge in [-0.1, -0.05) is 73.6 Å². The maximum absolute atomic E-state index is 4.50. The van der Waals surface area contributed by atoms with Crippen molar-refractivity contribution in [2.75, 3.05) is 0 Å². The van der Waals surface area contributed by atoms with E-state index in [-0.39, 0.29) is 0 Å². The van der Waals surface area contributed by atoms with Gasteiger partial charge >= 0.3 is 0 Å². The largest absolute Gasteiger partial charge is 0.261 e. The van der Waals surface area contributed by atoms with Crippen LogP contribution in [0.2, 0.25) is 0 Å². The van der Waals surface area contributed by atoms with Gasteiger partial charge in [-0.15, -0.1) is 0 Å². The molecule has 160 valence electrons. The molecule has 4 rings (SSSR count). The second-order valence-corrected chi connectivity index (χ2v) is 9.88. The van der Waals surface area contributed by atoms with Gasteiger partial charge in [0.05, 0.1) is 11.4 Å². The molecular weight excluding hydrogens is 364 g/mol. The van der Waals surface area contributed by atoms with Gasteiger partial charge in [0.15, 0.2) is 0 Å².